The van der Waals surface area contributed by atoms with E-state index in [-0.39, 0.29) is 12.5 Å². The van der Waals surface area contributed by atoms with Gasteiger partial charge in [0.05, 0.1) is 6.61 Å². The number of halogens is 1. The van der Waals surface area contributed by atoms with Crippen molar-refractivity contribution in [1.29, 1.82) is 0 Å². The van der Waals surface area contributed by atoms with Crippen LogP contribution in [0.5, 0.6) is 0 Å². The largest absolute Gasteiger partial charge is 0.396 e. The van der Waals surface area contributed by atoms with E-state index in [0.29, 0.717) is 6.04 Å². The van der Waals surface area contributed by atoms with E-state index < -0.39 is 0 Å². The molecule has 1 aliphatic carbocycles. The predicted molar refractivity (Wildman–Crippen MR) is 69.6 cm³/mol. The highest BCUT2D eigenvalue weighted by atomic mass is 79.9. The molecule has 0 spiro atoms. The van der Waals surface area contributed by atoms with Gasteiger partial charge < -0.3 is 10.4 Å². The molecule has 0 aliphatic heterocycles. The fourth-order valence-corrected chi connectivity index (χ4v) is 2.39. The zero-order valence-corrected chi connectivity index (χ0v) is 10.9. The molecule has 1 saturated carbocycles. The van der Waals surface area contributed by atoms with E-state index in [1.165, 1.54) is 24.8 Å². The van der Waals surface area contributed by atoms with Gasteiger partial charge in [-0.3, -0.25) is 0 Å². The summed E-state index contributed by atoms with van der Waals surface area (Å²) in [7, 11) is 0. The second kappa shape index (κ2) is 5.80. The summed E-state index contributed by atoms with van der Waals surface area (Å²) in [5.41, 5.74) is 1.20. The minimum Gasteiger partial charge on any atom is -0.396 e. The number of aliphatic hydroxyl groups is 1. The summed E-state index contributed by atoms with van der Waals surface area (Å²) in [6, 6.07) is 8.88. The van der Waals surface area contributed by atoms with E-state index >= 15 is 0 Å². The van der Waals surface area contributed by atoms with Crippen molar-refractivity contribution in [3.8, 4) is 0 Å². The summed E-state index contributed by atoms with van der Waals surface area (Å²) >= 11 is 3.46. The van der Waals surface area contributed by atoms with Crippen molar-refractivity contribution in [3.05, 3.63) is 34.3 Å². The van der Waals surface area contributed by atoms with Gasteiger partial charge in [-0.25, -0.2) is 0 Å². The lowest BCUT2D eigenvalue weighted by Crippen LogP contribution is -2.38. The lowest BCUT2D eigenvalue weighted by Gasteiger charge is -2.28. The molecule has 0 saturated heterocycles. The monoisotopic (exact) mass is 283 g/mol. The van der Waals surface area contributed by atoms with Gasteiger partial charge in [0.2, 0.25) is 0 Å². The first kappa shape index (κ1) is 12.1. The molecule has 88 valence electrons. The Kier molecular flexibility index (Phi) is 4.38. The molecule has 0 bridgehead atoms. The van der Waals surface area contributed by atoms with Gasteiger partial charge in [-0.2, -0.15) is 0 Å². The molecule has 2 rings (SSSR count). The first-order chi connectivity index (χ1) is 7.79. The fraction of sp³-hybridized carbons (Fsp3) is 0.538. The molecule has 3 heteroatoms. The Labute approximate surface area is 105 Å². The van der Waals surface area contributed by atoms with E-state index in [9.17, 15) is 5.11 Å². The number of rotatable bonds is 5. The Bertz CT molecular complexity index is 338. The Morgan fingerprint density at radius 2 is 2.25 bits per heavy atom. The number of benzene rings is 1. The van der Waals surface area contributed by atoms with Crippen LogP contribution in [0.1, 0.15) is 30.7 Å². The molecule has 0 radical (unpaired) electrons. The zero-order chi connectivity index (χ0) is 11.4. The molecule has 1 aromatic rings. The predicted octanol–water partition coefficient (Wildman–Crippen LogP) is 2.67. The first-order valence-corrected chi connectivity index (χ1v) is 6.68. The van der Waals surface area contributed by atoms with Crippen LogP contribution in [0, 0.1) is 0 Å². The first-order valence-electron chi connectivity index (χ1n) is 5.89. The second-order valence-corrected chi connectivity index (χ2v) is 5.39. The van der Waals surface area contributed by atoms with Crippen LogP contribution in [-0.4, -0.2) is 24.3 Å². The third kappa shape index (κ3) is 3.06. The third-order valence-corrected chi connectivity index (χ3v) is 3.79. The Hall–Kier alpha value is -0.380. The SMILES string of the molecule is OCC(CNC1CCC1)c1cccc(Br)c1. The number of hydrogen-bond acceptors (Lipinski definition) is 2. The lowest BCUT2D eigenvalue weighted by atomic mass is 9.92. The van der Waals surface area contributed by atoms with Gasteiger partial charge in [0.15, 0.2) is 0 Å². The quantitative estimate of drug-likeness (QED) is 0.871. The van der Waals surface area contributed by atoms with Crippen LogP contribution >= 0.6 is 15.9 Å². The smallest absolute Gasteiger partial charge is 0.0511 e. The van der Waals surface area contributed by atoms with Crippen molar-refractivity contribution in [2.45, 2.75) is 31.2 Å². The third-order valence-electron chi connectivity index (χ3n) is 3.30. The van der Waals surface area contributed by atoms with Crippen LogP contribution in [0.25, 0.3) is 0 Å². The van der Waals surface area contributed by atoms with Crippen molar-refractivity contribution in [1.82, 2.24) is 5.32 Å². The standard InChI is InChI=1S/C13H18BrNO/c14-12-4-1-3-10(7-12)11(9-16)8-15-13-5-2-6-13/h1,3-4,7,11,13,15-16H,2,5-6,8-9H2. The molecule has 1 aromatic carbocycles. The highest BCUT2D eigenvalue weighted by Crippen LogP contribution is 2.22. The lowest BCUT2D eigenvalue weighted by molar-refractivity contribution is 0.247. The van der Waals surface area contributed by atoms with Gasteiger partial charge in [-0.15, -0.1) is 0 Å². The van der Waals surface area contributed by atoms with Crippen LogP contribution in [0.2, 0.25) is 0 Å². The van der Waals surface area contributed by atoms with Crippen molar-refractivity contribution < 1.29 is 5.11 Å². The summed E-state index contributed by atoms with van der Waals surface area (Å²) in [6.45, 7) is 1.08. The normalized spacial score (nSPS) is 18.1. The molecule has 16 heavy (non-hydrogen) atoms. The van der Waals surface area contributed by atoms with Crippen LogP contribution in [-0.2, 0) is 0 Å². The maximum Gasteiger partial charge on any atom is 0.0511 e. The Morgan fingerprint density at radius 3 is 2.81 bits per heavy atom. The minimum atomic E-state index is 0.205. The molecule has 1 fully saturated rings. The van der Waals surface area contributed by atoms with Gasteiger partial charge >= 0.3 is 0 Å². The Balaban J connectivity index is 1.92. The van der Waals surface area contributed by atoms with Gasteiger partial charge in [0.25, 0.3) is 0 Å². The second-order valence-electron chi connectivity index (χ2n) is 4.47. The minimum absolute atomic E-state index is 0.205. The van der Waals surface area contributed by atoms with E-state index in [2.05, 4.69) is 33.4 Å². The van der Waals surface area contributed by atoms with Gasteiger partial charge in [-0.05, 0) is 30.5 Å². The van der Waals surface area contributed by atoms with Crippen LogP contribution in [0.15, 0.2) is 28.7 Å². The van der Waals surface area contributed by atoms with Crippen molar-refractivity contribution in [2.24, 2.45) is 0 Å². The highest BCUT2D eigenvalue weighted by Gasteiger charge is 2.19. The van der Waals surface area contributed by atoms with Crippen LogP contribution in [0.3, 0.4) is 0 Å². The molecule has 1 unspecified atom stereocenters. The summed E-state index contributed by atoms with van der Waals surface area (Å²) in [6.07, 6.45) is 3.92. The van der Waals surface area contributed by atoms with E-state index in [1.54, 1.807) is 0 Å². The highest BCUT2D eigenvalue weighted by molar-refractivity contribution is 9.10. The summed E-state index contributed by atoms with van der Waals surface area (Å²) in [5, 5.41) is 12.9. The number of nitrogens with one attached hydrogen (secondary N) is 1. The van der Waals surface area contributed by atoms with Gasteiger partial charge in [-0.1, -0.05) is 34.5 Å². The maximum atomic E-state index is 9.42. The number of hydrogen-bond donors (Lipinski definition) is 2. The Morgan fingerprint density at radius 1 is 1.44 bits per heavy atom. The van der Waals surface area contributed by atoms with E-state index in [1.807, 2.05) is 12.1 Å². The average molecular weight is 284 g/mol. The molecule has 1 atom stereocenters. The van der Waals surface area contributed by atoms with Gasteiger partial charge in [0, 0.05) is 23.0 Å². The maximum absolute atomic E-state index is 9.42. The summed E-state index contributed by atoms with van der Waals surface area (Å²) in [5.74, 6) is 0.207. The molecule has 2 nitrogen and oxygen atoms in total. The molecular weight excluding hydrogens is 266 g/mol. The molecule has 2 N–H and O–H groups in total. The molecule has 0 amide bonds. The molecule has 0 heterocycles. The summed E-state index contributed by atoms with van der Waals surface area (Å²) in [4.78, 5) is 0. The van der Waals surface area contributed by atoms with Crippen molar-refractivity contribution in [2.75, 3.05) is 13.2 Å². The average Bonchev–Trinajstić information content (AvgIpc) is 2.22. The van der Waals surface area contributed by atoms with Crippen LogP contribution < -0.4 is 5.32 Å². The summed E-state index contributed by atoms with van der Waals surface area (Å²) < 4.78 is 1.08. The van der Waals surface area contributed by atoms with Gasteiger partial charge in [0.1, 0.15) is 0 Å². The molecular formula is C13H18BrNO. The fourth-order valence-electron chi connectivity index (χ4n) is 1.97. The number of aliphatic hydroxyl groups excluding tert-OH is 1. The molecule has 1 aliphatic rings. The van der Waals surface area contributed by atoms with E-state index in [4.69, 9.17) is 0 Å². The topological polar surface area (TPSA) is 32.3 Å². The van der Waals surface area contributed by atoms with Crippen LogP contribution in [0.4, 0.5) is 0 Å². The van der Waals surface area contributed by atoms with Crippen molar-refractivity contribution >= 4 is 15.9 Å². The molecule has 0 aromatic heterocycles. The van der Waals surface area contributed by atoms with Crippen molar-refractivity contribution in [3.63, 3.8) is 0 Å². The van der Waals surface area contributed by atoms with E-state index in [0.717, 1.165) is 11.0 Å². The zero-order valence-electron chi connectivity index (χ0n) is 9.32.